The molecule has 2 aromatic carbocycles. The summed E-state index contributed by atoms with van der Waals surface area (Å²) in [6, 6.07) is 15.7. The van der Waals surface area contributed by atoms with E-state index in [2.05, 4.69) is 0 Å². The number of amides is 1. The Morgan fingerprint density at radius 2 is 1.58 bits per heavy atom. The fraction of sp³-hybridized carbons (Fsp3) is 0.278. The first-order chi connectivity index (χ1) is 11.4. The molecule has 0 aliphatic carbocycles. The number of sulfonamides is 1. The van der Waals surface area contributed by atoms with Crippen molar-refractivity contribution in [3.05, 3.63) is 60.2 Å². The van der Waals surface area contributed by atoms with Crippen LogP contribution in [0, 0.1) is 6.92 Å². The minimum Gasteiger partial charge on any atom is -0.311 e. The summed E-state index contributed by atoms with van der Waals surface area (Å²) in [7, 11) is -2.26. The fourth-order valence-corrected chi connectivity index (χ4v) is 3.62. The molecule has 0 bridgehead atoms. The number of para-hydroxylation sites is 1. The number of hydrogen-bond donors (Lipinski definition) is 0. The predicted octanol–water partition coefficient (Wildman–Crippen LogP) is 2.67. The van der Waals surface area contributed by atoms with Crippen LogP contribution in [0.5, 0.6) is 0 Å². The van der Waals surface area contributed by atoms with Gasteiger partial charge in [-0.15, -0.1) is 0 Å². The van der Waals surface area contributed by atoms with Gasteiger partial charge in [-0.05, 0) is 37.6 Å². The maximum Gasteiger partial charge on any atom is 0.243 e. The normalized spacial score (nSPS) is 11.5. The summed E-state index contributed by atoms with van der Waals surface area (Å²) in [5, 5.41) is 0. The molecule has 24 heavy (non-hydrogen) atoms. The minimum absolute atomic E-state index is 0.180. The molecule has 0 atom stereocenters. The van der Waals surface area contributed by atoms with Gasteiger partial charge in [0.15, 0.2) is 0 Å². The molecule has 1 amide bonds. The van der Waals surface area contributed by atoms with Gasteiger partial charge in [-0.2, -0.15) is 4.31 Å². The number of benzene rings is 2. The second-order valence-electron chi connectivity index (χ2n) is 5.50. The van der Waals surface area contributed by atoms with Crippen molar-refractivity contribution < 1.29 is 13.2 Å². The lowest BCUT2D eigenvalue weighted by atomic mass is 10.2. The van der Waals surface area contributed by atoms with Crippen molar-refractivity contribution in [3.8, 4) is 0 Å². The smallest absolute Gasteiger partial charge is 0.243 e. The van der Waals surface area contributed by atoms with Crippen molar-refractivity contribution in [1.29, 1.82) is 0 Å². The number of carbonyl (C=O) groups excluding carboxylic acids is 1. The van der Waals surface area contributed by atoms with Crippen molar-refractivity contribution in [1.82, 2.24) is 4.31 Å². The average molecular weight is 346 g/mol. The summed E-state index contributed by atoms with van der Waals surface area (Å²) >= 11 is 0. The number of carbonyl (C=O) groups is 1. The number of hydrogen-bond acceptors (Lipinski definition) is 3. The van der Waals surface area contributed by atoms with Crippen LogP contribution in [0.15, 0.2) is 59.5 Å². The van der Waals surface area contributed by atoms with Gasteiger partial charge in [0.1, 0.15) is 0 Å². The summed E-state index contributed by atoms with van der Waals surface area (Å²) in [5.74, 6) is -0.256. The van der Waals surface area contributed by atoms with Gasteiger partial charge in [0.05, 0.1) is 11.4 Å². The molecule has 0 saturated heterocycles. The Kier molecular flexibility index (Phi) is 5.75. The van der Waals surface area contributed by atoms with Crippen LogP contribution in [-0.4, -0.2) is 38.8 Å². The van der Waals surface area contributed by atoms with E-state index in [1.165, 1.54) is 19.2 Å². The van der Waals surface area contributed by atoms with Gasteiger partial charge in [0, 0.05) is 19.3 Å². The molecule has 0 aliphatic rings. The Hall–Kier alpha value is -2.18. The summed E-state index contributed by atoms with van der Waals surface area (Å²) in [4.78, 5) is 14.4. The fourth-order valence-electron chi connectivity index (χ4n) is 2.48. The molecule has 0 N–H and O–H groups in total. The van der Waals surface area contributed by atoms with Gasteiger partial charge in [0.25, 0.3) is 0 Å². The second-order valence-corrected chi connectivity index (χ2v) is 7.54. The maximum absolute atomic E-state index is 12.6. The number of anilines is 1. The molecule has 2 aromatic rings. The molecule has 0 spiro atoms. The third-order valence-corrected chi connectivity index (χ3v) is 5.65. The second kappa shape index (κ2) is 7.59. The predicted molar refractivity (Wildman–Crippen MR) is 95.5 cm³/mol. The number of aryl methyl sites for hydroxylation is 1. The molecule has 6 heteroatoms. The minimum atomic E-state index is -3.68. The van der Waals surface area contributed by atoms with E-state index in [-0.39, 0.29) is 17.3 Å². The Labute approximate surface area is 143 Å². The van der Waals surface area contributed by atoms with Gasteiger partial charge < -0.3 is 4.90 Å². The van der Waals surface area contributed by atoms with Crippen LogP contribution in [0.1, 0.15) is 12.5 Å². The number of rotatable bonds is 6. The summed E-state index contributed by atoms with van der Waals surface area (Å²) in [6.45, 7) is 4.06. The van der Waals surface area contributed by atoms with Crippen LogP contribution in [0.3, 0.4) is 0 Å². The van der Waals surface area contributed by atoms with Crippen LogP contribution in [0.2, 0.25) is 0 Å². The summed E-state index contributed by atoms with van der Waals surface area (Å²) in [5.41, 5.74) is 1.77. The van der Waals surface area contributed by atoms with E-state index in [1.807, 2.05) is 38.1 Å². The monoisotopic (exact) mass is 346 g/mol. The highest BCUT2D eigenvalue weighted by atomic mass is 32.2. The van der Waals surface area contributed by atoms with Crippen LogP contribution in [-0.2, 0) is 14.8 Å². The third-order valence-electron chi connectivity index (χ3n) is 3.83. The maximum atomic E-state index is 12.6. The molecule has 0 fully saturated rings. The molecule has 128 valence electrons. The number of likely N-dealkylation sites (N-methyl/N-ethyl adjacent to an activating group) is 2. The Morgan fingerprint density at radius 1 is 1.00 bits per heavy atom. The van der Waals surface area contributed by atoms with E-state index >= 15 is 0 Å². The number of nitrogens with zero attached hydrogens (tertiary/aromatic N) is 2. The molecule has 0 aliphatic heterocycles. The van der Waals surface area contributed by atoms with Crippen molar-refractivity contribution in [3.63, 3.8) is 0 Å². The highest BCUT2D eigenvalue weighted by Crippen LogP contribution is 2.20. The van der Waals surface area contributed by atoms with Crippen LogP contribution >= 0.6 is 0 Å². The highest BCUT2D eigenvalue weighted by Gasteiger charge is 2.25. The topological polar surface area (TPSA) is 57.7 Å². The van der Waals surface area contributed by atoms with E-state index in [9.17, 15) is 13.2 Å². The first-order valence-electron chi connectivity index (χ1n) is 7.75. The average Bonchev–Trinajstić information content (AvgIpc) is 2.58. The van der Waals surface area contributed by atoms with Gasteiger partial charge in [0.2, 0.25) is 15.9 Å². The highest BCUT2D eigenvalue weighted by molar-refractivity contribution is 7.89. The largest absolute Gasteiger partial charge is 0.311 e. The zero-order valence-electron chi connectivity index (χ0n) is 14.1. The van der Waals surface area contributed by atoms with E-state index in [4.69, 9.17) is 0 Å². The molecule has 0 unspecified atom stereocenters. The standard InChI is InChI=1S/C18H22N2O3S/c1-4-20(17-13-9-8-10-15(17)2)18(21)14-19(3)24(22,23)16-11-6-5-7-12-16/h5-13H,4,14H2,1-3H3. The quantitative estimate of drug-likeness (QED) is 0.808. The first kappa shape index (κ1) is 18.2. The van der Waals surface area contributed by atoms with Crippen LogP contribution in [0.4, 0.5) is 5.69 Å². The van der Waals surface area contributed by atoms with Gasteiger partial charge >= 0.3 is 0 Å². The van der Waals surface area contributed by atoms with Crippen molar-refractivity contribution in [2.45, 2.75) is 18.7 Å². The van der Waals surface area contributed by atoms with Crippen molar-refractivity contribution in [2.75, 3.05) is 25.0 Å². The molecule has 0 aromatic heterocycles. The summed E-state index contributed by atoms with van der Waals surface area (Å²) in [6.07, 6.45) is 0. The summed E-state index contributed by atoms with van der Waals surface area (Å²) < 4.78 is 26.2. The van der Waals surface area contributed by atoms with E-state index < -0.39 is 10.0 Å². The lowest BCUT2D eigenvalue weighted by Crippen LogP contribution is -2.41. The Balaban J connectivity index is 2.20. The van der Waals surface area contributed by atoms with Crippen LogP contribution < -0.4 is 4.90 Å². The zero-order valence-corrected chi connectivity index (χ0v) is 15.0. The Morgan fingerprint density at radius 3 is 2.17 bits per heavy atom. The molecule has 0 radical (unpaired) electrons. The molecule has 2 rings (SSSR count). The lowest BCUT2D eigenvalue weighted by molar-refractivity contribution is -0.118. The molecular formula is C18H22N2O3S. The molecular weight excluding hydrogens is 324 g/mol. The lowest BCUT2D eigenvalue weighted by Gasteiger charge is -2.25. The van der Waals surface area contributed by atoms with E-state index in [0.29, 0.717) is 6.54 Å². The Bertz CT molecular complexity index is 804. The van der Waals surface area contributed by atoms with Crippen molar-refractivity contribution in [2.24, 2.45) is 0 Å². The SMILES string of the molecule is CCN(C(=O)CN(C)S(=O)(=O)c1ccccc1)c1ccccc1C. The van der Waals surface area contributed by atoms with E-state index in [0.717, 1.165) is 15.6 Å². The van der Waals surface area contributed by atoms with Crippen LogP contribution in [0.25, 0.3) is 0 Å². The first-order valence-corrected chi connectivity index (χ1v) is 9.19. The molecule has 0 saturated carbocycles. The third kappa shape index (κ3) is 3.83. The molecule has 5 nitrogen and oxygen atoms in total. The van der Waals surface area contributed by atoms with Gasteiger partial charge in [-0.3, -0.25) is 4.79 Å². The van der Waals surface area contributed by atoms with Gasteiger partial charge in [-0.1, -0.05) is 36.4 Å². The van der Waals surface area contributed by atoms with E-state index in [1.54, 1.807) is 23.1 Å². The zero-order chi connectivity index (χ0) is 17.7. The molecule has 0 heterocycles. The van der Waals surface area contributed by atoms with Crippen molar-refractivity contribution >= 4 is 21.6 Å². The van der Waals surface area contributed by atoms with Gasteiger partial charge in [-0.25, -0.2) is 8.42 Å².